The van der Waals surface area contributed by atoms with Crippen molar-refractivity contribution in [1.29, 1.82) is 0 Å². The molecule has 29 heavy (non-hydrogen) atoms. The molecule has 2 atom stereocenters. The molecular weight excluding hydrogens is 507 g/mol. The molecule has 1 aliphatic heterocycles. The number of hydrogen-bond donors (Lipinski definition) is 3. The van der Waals surface area contributed by atoms with Gasteiger partial charge in [0.15, 0.2) is 15.8 Å². The Balaban J connectivity index is 0.00000420. The second-order valence-corrected chi connectivity index (χ2v) is 9.27. The van der Waals surface area contributed by atoms with Gasteiger partial charge < -0.3 is 20.7 Å². The van der Waals surface area contributed by atoms with Crippen LogP contribution >= 0.6 is 24.0 Å². The second-order valence-electron chi connectivity index (χ2n) is 7.04. The number of rotatable bonds is 8. The average Bonchev–Trinajstić information content (AvgIpc) is 2.96. The molecule has 1 heterocycles. The molecule has 1 amide bonds. The fraction of sp³-hybridized carbons (Fsp3) is 0.579. The standard InChI is InChI=1S/C19H30N4O4S.HI/c1-14-5-4-6-17(11-14)27-15(2)12-22-19(20-3)21-9-7-18(24)23-16-8-10-28(25,26)13-16;/h4-6,11,15-16H,7-10,12-13H2,1-3H3,(H,23,24)(H2,20,21,22);1H. The first-order valence-corrected chi connectivity index (χ1v) is 11.3. The molecule has 1 aromatic carbocycles. The Hall–Kier alpha value is -1.56. The number of sulfone groups is 1. The number of guanidine groups is 1. The first-order chi connectivity index (χ1) is 13.3. The van der Waals surface area contributed by atoms with Crippen LogP contribution in [0.15, 0.2) is 29.3 Å². The normalized spacial score (nSPS) is 19.0. The van der Waals surface area contributed by atoms with Crippen molar-refractivity contribution in [2.24, 2.45) is 4.99 Å². The Morgan fingerprint density at radius 1 is 1.34 bits per heavy atom. The van der Waals surface area contributed by atoms with Crippen LogP contribution in [0.25, 0.3) is 0 Å². The number of carbonyl (C=O) groups excluding carboxylic acids is 1. The van der Waals surface area contributed by atoms with Crippen molar-refractivity contribution in [3.05, 3.63) is 29.8 Å². The van der Waals surface area contributed by atoms with Crippen molar-refractivity contribution in [2.75, 3.05) is 31.6 Å². The predicted octanol–water partition coefficient (Wildman–Crippen LogP) is 1.24. The molecule has 1 aliphatic rings. The minimum absolute atomic E-state index is 0. The van der Waals surface area contributed by atoms with E-state index >= 15 is 0 Å². The summed E-state index contributed by atoms with van der Waals surface area (Å²) >= 11 is 0. The third-order valence-corrected chi connectivity index (χ3v) is 6.12. The van der Waals surface area contributed by atoms with E-state index in [1.165, 1.54) is 0 Å². The summed E-state index contributed by atoms with van der Waals surface area (Å²) in [7, 11) is -1.33. The Bertz CT molecular complexity index is 801. The lowest BCUT2D eigenvalue weighted by atomic mass is 10.2. The molecule has 164 valence electrons. The van der Waals surface area contributed by atoms with Gasteiger partial charge in [-0.25, -0.2) is 8.42 Å². The molecule has 1 fully saturated rings. The van der Waals surface area contributed by atoms with Crippen LogP contribution in [-0.2, 0) is 14.6 Å². The maximum absolute atomic E-state index is 12.0. The molecule has 0 spiro atoms. The highest BCUT2D eigenvalue weighted by atomic mass is 127. The molecule has 10 heteroatoms. The Morgan fingerprint density at radius 3 is 2.72 bits per heavy atom. The first kappa shape index (κ1) is 25.5. The quantitative estimate of drug-likeness (QED) is 0.261. The number of carbonyl (C=O) groups is 1. The van der Waals surface area contributed by atoms with Crippen LogP contribution in [0.5, 0.6) is 5.75 Å². The van der Waals surface area contributed by atoms with Gasteiger partial charge in [-0.1, -0.05) is 12.1 Å². The zero-order chi connectivity index (χ0) is 20.6. The van der Waals surface area contributed by atoms with E-state index in [1.54, 1.807) is 7.05 Å². The van der Waals surface area contributed by atoms with Crippen LogP contribution in [0.2, 0.25) is 0 Å². The average molecular weight is 538 g/mol. The number of hydrogen-bond acceptors (Lipinski definition) is 5. The van der Waals surface area contributed by atoms with Crippen LogP contribution in [0.1, 0.15) is 25.3 Å². The third-order valence-electron chi connectivity index (χ3n) is 4.35. The van der Waals surface area contributed by atoms with Crippen LogP contribution in [0.3, 0.4) is 0 Å². The SMILES string of the molecule is CN=C(NCCC(=O)NC1CCS(=O)(=O)C1)NCC(C)Oc1cccc(C)c1.I. The zero-order valence-electron chi connectivity index (χ0n) is 17.1. The van der Waals surface area contributed by atoms with Gasteiger partial charge in [0, 0.05) is 26.1 Å². The van der Waals surface area contributed by atoms with Gasteiger partial charge >= 0.3 is 0 Å². The lowest BCUT2D eigenvalue weighted by molar-refractivity contribution is -0.121. The van der Waals surface area contributed by atoms with Crippen molar-refractivity contribution in [3.63, 3.8) is 0 Å². The number of aliphatic imine (C=N–C) groups is 1. The molecule has 0 saturated carbocycles. The van der Waals surface area contributed by atoms with Gasteiger partial charge in [0.25, 0.3) is 0 Å². The summed E-state index contributed by atoms with van der Waals surface area (Å²) in [4.78, 5) is 16.1. The summed E-state index contributed by atoms with van der Waals surface area (Å²) in [5, 5.41) is 9.01. The Kier molecular flexibility index (Phi) is 10.7. The van der Waals surface area contributed by atoms with E-state index < -0.39 is 9.84 Å². The largest absolute Gasteiger partial charge is 0.489 e. The van der Waals surface area contributed by atoms with Crippen molar-refractivity contribution >= 4 is 45.7 Å². The highest BCUT2D eigenvalue weighted by molar-refractivity contribution is 14.0. The van der Waals surface area contributed by atoms with E-state index in [0.717, 1.165) is 11.3 Å². The smallest absolute Gasteiger partial charge is 0.222 e. The van der Waals surface area contributed by atoms with E-state index in [1.807, 2.05) is 38.1 Å². The third kappa shape index (κ3) is 9.66. The minimum Gasteiger partial charge on any atom is -0.489 e. The maximum Gasteiger partial charge on any atom is 0.222 e. The second kappa shape index (κ2) is 12.2. The first-order valence-electron chi connectivity index (χ1n) is 9.45. The van der Waals surface area contributed by atoms with Gasteiger partial charge in [-0.3, -0.25) is 9.79 Å². The van der Waals surface area contributed by atoms with Crippen LogP contribution in [0.4, 0.5) is 0 Å². The molecule has 1 saturated heterocycles. The van der Waals surface area contributed by atoms with Gasteiger partial charge in [-0.05, 0) is 38.0 Å². The monoisotopic (exact) mass is 538 g/mol. The Morgan fingerprint density at radius 2 is 2.10 bits per heavy atom. The number of nitrogens with one attached hydrogen (secondary N) is 3. The fourth-order valence-corrected chi connectivity index (χ4v) is 4.60. The predicted molar refractivity (Wildman–Crippen MR) is 126 cm³/mol. The molecule has 0 bridgehead atoms. The molecule has 1 aromatic rings. The van der Waals surface area contributed by atoms with Crippen molar-refractivity contribution < 1.29 is 17.9 Å². The molecular formula is C19H31IN4O4S. The number of ether oxygens (including phenoxy) is 1. The highest BCUT2D eigenvalue weighted by Crippen LogP contribution is 2.14. The van der Waals surface area contributed by atoms with Gasteiger partial charge in [0.2, 0.25) is 5.91 Å². The van der Waals surface area contributed by atoms with Gasteiger partial charge in [-0.2, -0.15) is 0 Å². The van der Waals surface area contributed by atoms with Crippen molar-refractivity contribution in [1.82, 2.24) is 16.0 Å². The van der Waals surface area contributed by atoms with E-state index in [2.05, 4.69) is 20.9 Å². The molecule has 8 nitrogen and oxygen atoms in total. The number of amides is 1. The van der Waals surface area contributed by atoms with E-state index in [0.29, 0.717) is 25.5 Å². The zero-order valence-corrected chi connectivity index (χ0v) is 20.3. The molecule has 0 radical (unpaired) electrons. The van der Waals surface area contributed by atoms with Crippen LogP contribution < -0.4 is 20.7 Å². The molecule has 3 N–H and O–H groups in total. The summed E-state index contributed by atoms with van der Waals surface area (Å²) in [5.41, 5.74) is 1.14. The number of aryl methyl sites for hydroxylation is 1. The van der Waals surface area contributed by atoms with Crippen molar-refractivity contribution in [2.45, 2.75) is 38.8 Å². The lowest BCUT2D eigenvalue weighted by Gasteiger charge is -2.18. The summed E-state index contributed by atoms with van der Waals surface area (Å²) in [5.74, 6) is 1.42. The van der Waals surface area contributed by atoms with Crippen LogP contribution in [-0.4, -0.2) is 64.1 Å². The number of halogens is 1. The fourth-order valence-electron chi connectivity index (χ4n) is 2.93. The minimum atomic E-state index is -2.99. The van der Waals surface area contributed by atoms with E-state index in [-0.39, 0.29) is 60.0 Å². The summed E-state index contributed by atoms with van der Waals surface area (Å²) < 4.78 is 28.7. The maximum atomic E-state index is 12.0. The molecule has 0 aromatic heterocycles. The number of nitrogens with zero attached hydrogens (tertiary/aromatic N) is 1. The van der Waals surface area contributed by atoms with Crippen molar-refractivity contribution in [3.8, 4) is 5.75 Å². The van der Waals surface area contributed by atoms with Gasteiger partial charge in [0.05, 0.1) is 18.1 Å². The molecule has 2 unspecified atom stereocenters. The summed E-state index contributed by atoms with van der Waals surface area (Å²) in [6.07, 6.45) is 0.670. The van der Waals surface area contributed by atoms with E-state index in [4.69, 9.17) is 4.74 Å². The van der Waals surface area contributed by atoms with E-state index in [9.17, 15) is 13.2 Å². The summed E-state index contributed by atoms with van der Waals surface area (Å²) in [6.45, 7) is 4.94. The molecule has 0 aliphatic carbocycles. The summed E-state index contributed by atoms with van der Waals surface area (Å²) in [6, 6.07) is 7.61. The van der Waals surface area contributed by atoms with Crippen LogP contribution in [0, 0.1) is 6.92 Å². The number of benzene rings is 1. The van der Waals surface area contributed by atoms with Gasteiger partial charge in [-0.15, -0.1) is 24.0 Å². The highest BCUT2D eigenvalue weighted by Gasteiger charge is 2.28. The van der Waals surface area contributed by atoms with Gasteiger partial charge in [0.1, 0.15) is 11.9 Å². The lowest BCUT2D eigenvalue weighted by Crippen LogP contribution is -2.43. The topological polar surface area (TPSA) is 109 Å². The molecule has 2 rings (SSSR count). The Labute approximate surface area is 190 Å².